The summed E-state index contributed by atoms with van der Waals surface area (Å²) in [5.41, 5.74) is 9.06. The fraction of sp³-hybridized carbons (Fsp3) is 0.357. The molecule has 3 nitrogen and oxygen atoms in total. The van der Waals surface area contributed by atoms with Gasteiger partial charge < -0.3 is 10.2 Å². The van der Waals surface area contributed by atoms with Crippen molar-refractivity contribution in [3.8, 4) is 11.3 Å². The molecule has 1 aliphatic carbocycles. The second-order valence-electron chi connectivity index (χ2n) is 4.91. The van der Waals surface area contributed by atoms with Crippen molar-refractivity contribution in [3.05, 3.63) is 42.0 Å². The maximum absolute atomic E-state index is 6.18. The standard InChI is InChI=1S/C14H16N2O/c1-10-3-5-11(6-4-10)12-9-17-13(16-12)14(15)7-2-8-14/h3-6,9H,2,7-8,15H2,1H3. The summed E-state index contributed by atoms with van der Waals surface area (Å²) in [6, 6.07) is 8.26. The Labute approximate surface area is 101 Å². The second kappa shape index (κ2) is 3.70. The Kier molecular flexibility index (Phi) is 2.30. The van der Waals surface area contributed by atoms with Gasteiger partial charge in [0.15, 0.2) is 0 Å². The molecule has 0 aliphatic heterocycles. The van der Waals surface area contributed by atoms with Gasteiger partial charge in [-0.25, -0.2) is 4.98 Å². The highest BCUT2D eigenvalue weighted by molar-refractivity contribution is 5.58. The molecule has 0 saturated heterocycles. The lowest BCUT2D eigenvalue weighted by Gasteiger charge is -2.34. The minimum absolute atomic E-state index is 0.317. The number of rotatable bonds is 2. The van der Waals surface area contributed by atoms with Gasteiger partial charge in [0, 0.05) is 5.56 Å². The van der Waals surface area contributed by atoms with Crippen molar-refractivity contribution in [2.24, 2.45) is 5.73 Å². The third kappa shape index (κ3) is 1.76. The maximum atomic E-state index is 6.18. The van der Waals surface area contributed by atoms with E-state index in [4.69, 9.17) is 10.2 Å². The molecule has 0 bridgehead atoms. The molecule has 0 spiro atoms. The maximum Gasteiger partial charge on any atom is 0.214 e. The molecule has 17 heavy (non-hydrogen) atoms. The van der Waals surface area contributed by atoms with E-state index in [9.17, 15) is 0 Å². The topological polar surface area (TPSA) is 52.0 Å². The highest BCUT2D eigenvalue weighted by atomic mass is 16.3. The van der Waals surface area contributed by atoms with Crippen LogP contribution in [0.5, 0.6) is 0 Å². The molecule has 0 radical (unpaired) electrons. The van der Waals surface area contributed by atoms with Crippen LogP contribution in [0.2, 0.25) is 0 Å². The summed E-state index contributed by atoms with van der Waals surface area (Å²) in [7, 11) is 0. The molecule has 1 aromatic carbocycles. The first-order valence-electron chi connectivity index (χ1n) is 5.99. The Morgan fingerprint density at radius 3 is 2.53 bits per heavy atom. The highest BCUT2D eigenvalue weighted by Gasteiger charge is 2.39. The van der Waals surface area contributed by atoms with E-state index in [2.05, 4.69) is 36.2 Å². The molecule has 2 N–H and O–H groups in total. The number of aromatic nitrogens is 1. The van der Waals surface area contributed by atoms with Crippen molar-refractivity contribution >= 4 is 0 Å². The van der Waals surface area contributed by atoms with Gasteiger partial charge in [-0.3, -0.25) is 0 Å². The van der Waals surface area contributed by atoms with Gasteiger partial charge in [0.2, 0.25) is 5.89 Å². The number of aryl methyl sites for hydroxylation is 1. The van der Waals surface area contributed by atoms with Crippen molar-refractivity contribution in [1.82, 2.24) is 4.98 Å². The van der Waals surface area contributed by atoms with Crippen LogP contribution in [-0.4, -0.2) is 4.98 Å². The lowest BCUT2D eigenvalue weighted by molar-refractivity contribution is 0.199. The Balaban J connectivity index is 1.92. The Morgan fingerprint density at radius 1 is 1.24 bits per heavy atom. The second-order valence-corrected chi connectivity index (χ2v) is 4.91. The molecule has 3 heteroatoms. The molecular formula is C14H16N2O. The van der Waals surface area contributed by atoms with Crippen LogP contribution in [0, 0.1) is 6.92 Å². The van der Waals surface area contributed by atoms with E-state index in [0.29, 0.717) is 5.89 Å². The molecule has 1 fully saturated rings. The van der Waals surface area contributed by atoms with Crippen LogP contribution in [0.25, 0.3) is 11.3 Å². The molecule has 88 valence electrons. The van der Waals surface area contributed by atoms with Crippen LogP contribution >= 0.6 is 0 Å². The zero-order chi connectivity index (χ0) is 11.9. The van der Waals surface area contributed by atoms with Crippen LogP contribution in [0.1, 0.15) is 30.7 Å². The Bertz CT molecular complexity index is 523. The fourth-order valence-electron chi connectivity index (χ4n) is 2.13. The average Bonchev–Trinajstić information content (AvgIpc) is 2.76. The summed E-state index contributed by atoms with van der Waals surface area (Å²) in [6.45, 7) is 2.07. The van der Waals surface area contributed by atoms with Crippen LogP contribution in [0.4, 0.5) is 0 Å². The summed E-state index contributed by atoms with van der Waals surface area (Å²) in [6.07, 6.45) is 4.81. The molecule has 0 atom stereocenters. The Hall–Kier alpha value is -1.61. The summed E-state index contributed by atoms with van der Waals surface area (Å²) in [4.78, 5) is 4.51. The first-order valence-corrected chi connectivity index (χ1v) is 5.99. The molecule has 3 rings (SSSR count). The number of benzene rings is 1. The summed E-state index contributed by atoms with van der Waals surface area (Å²) in [5.74, 6) is 0.680. The van der Waals surface area contributed by atoms with Crippen molar-refractivity contribution < 1.29 is 4.42 Å². The van der Waals surface area contributed by atoms with E-state index in [-0.39, 0.29) is 5.54 Å². The molecule has 1 aromatic heterocycles. The van der Waals surface area contributed by atoms with Crippen molar-refractivity contribution in [2.45, 2.75) is 31.7 Å². The van der Waals surface area contributed by atoms with Crippen molar-refractivity contribution in [1.29, 1.82) is 0 Å². The molecule has 0 unspecified atom stereocenters. The highest BCUT2D eigenvalue weighted by Crippen LogP contribution is 2.38. The van der Waals surface area contributed by atoms with Gasteiger partial charge in [0.05, 0.1) is 5.54 Å². The zero-order valence-corrected chi connectivity index (χ0v) is 9.94. The molecule has 2 aromatic rings. The lowest BCUT2D eigenvalue weighted by Crippen LogP contribution is -2.43. The molecule has 1 saturated carbocycles. The van der Waals surface area contributed by atoms with Gasteiger partial charge >= 0.3 is 0 Å². The number of oxazole rings is 1. The zero-order valence-electron chi connectivity index (χ0n) is 9.94. The number of hydrogen-bond donors (Lipinski definition) is 1. The number of hydrogen-bond acceptors (Lipinski definition) is 3. The smallest absolute Gasteiger partial charge is 0.214 e. The van der Waals surface area contributed by atoms with Gasteiger partial charge in [0.1, 0.15) is 12.0 Å². The first kappa shape index (κ1) is 10.5. The van der Waals surface area contributed by atoms with E-state index in [1.54, 1.807) is 6.26 Å². The predicted molar refractivity (Wildman–Crippen MR) is 66.4 cm³/mol. The van der Waals surface area contributed by atoms with Gasteiger partial charge in [-0.05, 0) is 26.2 Å². The Morgan fingerprint density at radius 2 is 1.94 bits per heavy atom. The van der Waals surface area contributed by atoms with Crippen molar-refractivity contribution in [2.75, 3.05) is 0 Å². The number of nitrogens with two attached hydrogens (primary N) is 1. The van der Waals surface area contributed by atoms with Gasteiger partial charge in [-0.1, -0.05) is 29.8 Å². The molecule has 0 amide bonds. The fourth-order valence-corrected chi connectivity index (χ4v) is 2.13. The first-order chi connectivity index (χ1) is 8.17. The summed E-state index contributed by atoms with van der Waals surface area (Å²) < 4.78 is 5.52. The van der Waals surface area contributed by atoms with E-state index >= 15 is 0 Å². The average molecular weight is 228 g/mol. The summed E-state index contributed by atoms with van der Waals surface area (Å²) in [5, 5.41) is 0. The van der Waals surface area contributed by atoms with Crippen molar-refractivity contribution in [3.63, 3.8) is 0 Å². The van der Waals surface area contributed by atoms with Gasteiger partial charge in [0.25, 0.3) is 0 Å². The third-order valence-corrected chi connectivity index (χ3v) is 3.52. The molecule has 1 aliphatic rings. The van der Waals surface area contributed by atoms with Crippen LogP contribution < -0.4 is 5.73 Å². The van der Waals surface area contributed by atoms with Crippen LogP contribution in [-0.2, 0) is 5.54 Å². The molecular weight excluding hydrogens is 212 g/mol. The number of nitrogens with zero attached hydrogens (tertiary/aromatic N) is 1. The normalized spacial score (nSPS) is 17.8. The van der Waals surface area contributed by atoms with E-state index in [1.165, 1.54) is 12.0 Å². The third-order valence-electron chi connectivity index (χ3n) is 3.52. The van der Waals surface area contributed by atoms with E-state index in [0.717, 1.165) is 24.1 Å². The quantitative estimate of drug-likeness (QED) is 0.859. The monoisotopic (exact) mass is 228 g/mol. The van der Waals surface area contributed by atoms with Gasteiger partial charge in [-0.15, -0.1) is 0 Å². The molecule has 1 heterocycles. The van der Waals surface area contributed by atoms with Crippen LogP contribution in [0.15, 0.2) is 34.9 Å². The largest absolute Gasteiger partial charge is 0.446 e. The van der Waals surface area contributed by atoms with E-state index in [1.807, 2.05) is 0 Å². The SMILES string of the molecule is Cc1ccc(-c2coc(C3(N)CCC3)n2)cc1. The van der Waals surface area contributed by atoms with Gasteiger partial charge in [-0.2, -0.15) is 0 Å². The van der Waals surface area contributed by atoms with Crippen LogP contribution in [0.3, 0.4) is 0 Å². The predicted octanol–water partition coefficient (Wildman–Crippen LogP) is 2.99. The summed E-state index contributed by atoms with van der Waals surface area (Å²) >= 11 is 0. The minimum Gasteiger partial charge on any atom is -0.446 e. The van der Waals surface area contributed by atoms with E-state index < -0.39 is 0 Å². The minimum atomic E-state index is -0.317. The lowest BCUT2D eigenvalue weighted by atomic mass is 9.78.